The van der Waals surface area contributed by atoms with Crippen LogP contribution in [-0.2, 0) is 6.42 Å². The SMILES string of the molecule is CCCCC1(C#N)CCC(c2ccc(-c3ccc(CCC)cc3)cc2)CC1. The fourth-order valence-corrected chi connectivity index (χ4v) is 4.54. The van der Waals surface area contributed by atoms with Crippen LogP contribution in [0.25, 0.3) is 11.1 Å². The van der Waals surface area contributed by atoms with Crippen LogP contribution in [0.2, 0.25) is 0 Å². The van der Waals surface area contributed by atoms with E-state index in [1.807, 2.05) is 0 Å². The van der Waals surface area contributed by atoms with E-state index in [9.17, 15) is 5.26 Å². The molecule has 1 aliphatic carbocycles. The van der Waals surface area contributed by atoms with Crippen molar-refractivity contribution in [3.63, 3.8) is 0 Å². The predicted molar refractivity (Wildman–Crippen MR) is 115 cm³/mol. The van der Waals surface area contributed by atoms with Crippen molar-refractivity contribution >= 4 is 0 Å². The molecule has 1 aliphatic rings. The molecule has 1 nitrogen and oxygen atoms in total. The molecular weight excluding hydrogens is 326 g/mol. The molecule has 0 atom stereocenters. The van der Waals surface area contributed by atoms with Gasteiger partial charge in [-0.2, -0.15) is 5.26 Å². The molecule has 3 rings (SSSR count). The largest absolute Gasteiger partial charge is 0.198 e. The molecular formula is C26H33N. The van der Waals surface area contributed by atoms with E-state index in [1.54, 1.807) is 0 Å². The van der Waals surface area contributed by atoms with E-state index in [1.165, 1.54) is 41.5 Å². The Morgan fingerprint density at radius 2 is 1.48 bits per heavy atom. The summed E-state index contributed by atoms with van der Waals surface area (Å²) in [7, 11) is 0. The minimum atomic E-state index is -0.0489. The smallest absolute Gasteiger partial charge is 0.0689 e. The Kier molecular flexibility index (Phi) is 6.73. The molecule has 142 valence electrons. The summed E-state index contributed by atoms with van der Waals surface area (Å²) in [6.07, 6.45) is 10.2. The highest BCUT2D eigenvalue weighted by atomic mass is 14.4. The fraction of sp³-hybridized carbons (Fsp3) is 0.500. The van der Waals surface area contributed by atoms with Gasteiger partial charge in [0.25, 0.3) is 0 Å². The quantitative estimate of drug-likeness (QED) is 0.497. The number of aryl methyl sites for hydroxylation is 1. The Hall–Kier alpha value is -2.07. The van der Waals surface area contributed by atoms with Crippen molar-refractivity contribution in [2.24, 2.45) is 5.41 Å². The number of unbranched alkanes of at least 4 members (excludes halogenated alkanes) is 1. The lowest BCUT2D eigenvalue weighted by molar-refractivity contribution is 0.224. The topological polar surface area (TPSA) is 23.8 Å². The van der Waals surface area contributed by atoms with Crippen LogP contribution >= 0.6 is 0 Å². The fourth-order valence-electron chi connectivity index (χ4n) is 4.54. The van der Waals surface area contributed by atoms with Crippen molar-refractivity contribution in [3.8, 4) is 17.2 Å². The molecule has 2 aromatic rings. The van der Waals surface area contributed by atoms with Gasteiger partial charge in [-0.3, -0.25) is 0 Å². The van der Waals surface area contributed by atoms with Crippen molar-refractivity contribution in [1.29, 1.82) is 5.26 Å². The maximum atomic E-state index is 9.69. The maximum absolute atomic E-state index is 9.69. The van der Waals surface area contributed by atoms with Crippen LogP contribution in [0.1, 0.15) is 82.3 Å². The van der Waals surface area contributed by atoms with Gasteiger partial charge in [-0.1, -0.05) is 81.6 Å². The predicted octanol–water partition coefficient (Wildman–Crippen LogP) is 7.66. The van der Waals surface area contributed by atoms with E-state index in [0.29, 0.717) is 5.92 Å². The lowest BCUT2D eigenvalue weighted by Gasteiger charge is -2.35. The molecule has 2 aromatic carbocycles. The zero-order chi connectivity index (χ0) is 19.1. The van der Waals surface area contributed by atoms with Gasteiger partial charge < -0.3 is 0 Å². The van der Waals surface area contributed by atoms with Crippen LogP contribution < -0.4 is 0 Å². The monoisotopic (exact) mass is 359 g/mol. The van der Waals surface area contributed by atoms with Crippen molar-refractivity contribution in [2.45, 2.75) is 77.6 Å². The molecule has 1 saturated carbocycles. The normalized spacial score (nSPS) is 22.3. The Balaban J connectivity index is 1.63. The van der Waals surface area contributed by atoms with Crippen molar-refractivity contribution < 1.29 is 0 Å². The van der Waals surface area contributed by atoms with E-state index in [2.05, 4.69) is 68.4 Å². The molecule has 27 heavy (non-hydrogen) atoms. The van der Waals surface area contributed by atoms with Gasteiger partial charge >= 0.3 is 0 Å². The molecule has 0 radical (unpaired) electrons. The average molecular weight is 360 g/mol. The summed E-state index contributed by atoms with van der Waals surface area (Å²) in [4.78, 5) is 0. The van der Waals surface area contributed by atoms with Crippen molar-refractivity contribution in [3.05, 3.63) is 59.7 Å². The van der Waals surface area contributed by atoms with Crippen LogP contribution in [0, 0.1) is 16.7 Å². The first-order valence-electron chi connectivity index (χ1n) is 10.8. The third-order valence-electron chi connectivity index (χ3n) is 6.40. The van der Waals surface area contributed by atoms with Crippen LogP contribution in [0.15, 0.2) is 48.5 Å². The van der Waals surface area contributed by atoms with Gasteiger partial charge in [-0.15, -0.1) is 0 Å². The van der Waals surface area contributed by atoms with E-state index in [4.69, 9.17) is 0 Å². The minimum absolute atomic E-state index is 0.0489. The number of hydrogen-bond donors (Lipinski definition) is 0. The lowest BCUT2D eigenvalue weighted by Crippen LogP contribution is -2.25. The molecule has 0 spiro atoms. The second-order valence-corrected chi connectivity index (χ2v) is 8.34. The van der Waals surface area contributed by atoms with Gasteiger partial charge in [-0.25, -0.2) is 0 Å². The van der Waals surface area contributed by atoms with E-state index in [-0.39, 0.29) is 5.41 Å². The Bertz CT molecular complexity index is 740. The molecule has 1 fully saturated rings. The first-order valence-corrected chi connectivity index (χ1v) is 10.8. The number of hydrogen-bond acceptors (Lipinski definition) is 1. The molecule has 0 aliphatic heterocycles. The number of rotatable bonds is 7. The third kappa shape index (κ3) is 4.81. The van der Waals surface area contributed by atoms with Gasteiger partial charge in [0, 0.05) is 0 Å². The molecule has 0 heterocycles. The van der Waals surface area contributed by atoms with E-state index >= 15 is 0 Å². The maximum Gasteiger partial charge on any atom is 0.0689 e. The van der Waals surface area contributed by atoms with Gasteiger partial charge in [-0.05, 0) is 66.7 Å². The minimum Gasteiger partial charge on any atom is -0.198 e. The van der Waals surface area contributed by atoms with Gasteiger partial charge in [0.15, 0.2) is 0 Å². The van der Waals surface area contributed by atoms with Crippen molar-refractivity contribution in [2.75, 3.05) is 0 Å². The van der Waals surface area contributed by atoms with Crippen LogP contribution in [-0.4, -0.2) is 0 Å². The zero-order valence-corrected chi connectivity index (χ0v) is 17.0. The van der Waals surface area contributed by atoms with Crippen LogP contribution in [0.5, 0.6) is 0 Å². The standard InChI is InChI=1S/C26H33N/c1-3-5-17-26(20-27)18-15-25(16-19-26)24-13-11-23(12-14-24)22-9-7-21(6-4-2)8-10-22/h7-14,25H,3-6,15-19H2,1-2H3. The average Bonchev–Trinajstić information content (AvgIpc) is 2.74. The summed E-state index contributed by atoms with van der Waals surface area (Å²) in [6.45, 7) is 4.44. The summed E-state index contributed by atoms with van der Waals surface area (Å²) in [5.41, 5.74) is 5.42. The van der Waals surface area contributed by atoms with Crippen LogP contribution in [0.3, 0.4) is 0 Å². The Morgan fingerprint density at radius 1 is 0.889 bits per heavy atom. The highest BCUT2D eigenvalue weighted by molar-refractivity contribution is 5.64. The molecule has 1 heteroatoms. The molecule has 0 aromatic heterocycles. The second kappa shape index (κ2) is 9.23. The van der Waals surface area contributed by atoms with Gasteiger partial charge in [0.2, 0.25) is 0 Å². The first-order chi connectivity index (χ1) is 13.2. The highest BCUT2D eigenvalue weighted by Gasteiger charge is 2.35. The lowest BCUT2D eigenvalue weighted by atomic mass is 9.67. The first kappa shape index (κ1) is 19.7. The summed E-state index contributed by atoms with van der Waals surface area (Å²) in [5.74, 6) is 0.620. The summed E-state index contributed by atoms with van der Waals surface area (Å²) >= 11 is 0. The highest BCUT2D eigenvalue weighted by Crippen LogP contribution is 2.45. The molecule has 0 unspecified atom stereocenters. The van der Waals surface area contributed by atoms with E-state index < -0.39 is 0 Å². The number of benzene rings is 2. The summed E-state index contributed by atoms with van der Waals surface area (Å²) in [5, 5.41) is 9.69. The van der Waals surface area contributed by atoms with Crippen molar-refractivity contribution in [1.82, 2.24) is 0 Å². The molecule has 0 amide bonds. The molecule has 0 N–H and O–H groups in total. The second-order valence-electron chi connectivity index (χ2n) is 8.34. The molecule has 0 saturated heterocycles. The van der Waals surface area contributed by atoms with E-state index in [0.717, 1.165) is 38.5 Å². The molecule has 0 bridgehead atoms. The Morgan fingerprint density at radius 3 is 2.00 bits per heavy atom. The van der Waals surface area contributed by atoms with Crippen LogP contribution in [0.4, 0.5) is 0 Å². The number of nitriles is 1. The summed E-state index contributed by atoms with van der Waals surface area (Å²) < 4.78 is 0. The van der Waals surface area contributed by atoms with Gasteiger partial charge in [0.1, 0.15) is 0 Å². The third-order valence-corrected chi connectivity index (χ3v) is 6.40. The number of nitrogens with zero attached hydrogens (tertiary/aromatic N) is 1. The summed E-state index contributed by atoms with van der Waals surface area (Å²) in [6, 6.07) is 20.8. The zero-order valence-electron chi connectivity index (χ0n) is 17.0. The van der Waals surface area contributed by atoms with Gasteiger partial charge in [0.05, 0.1) is 11.5 Å². The Labute approximate surface area is 165 Å².